The minimum Gasteiger partial charge on any atom is -0.387 e. The first-order chi connectivity index (χ1) is 9.86. The standard InChI is InChI=1S/C12H22N4O5.ClH/c1-8(2)15(9(3)4)6-5-13-12(18)20-11-10(7-17)14-21-16(11)19;/h8-9,17H,5-7H2,1-4H3,(H,13,18);1H. The summed E-state index contributed by atoms with van der Waals surface area (Å²) in [4.78, 5) is 13.7. The van der Waals surface area contributed by atoms with Crippen LogP contribution in [0.5, 0.6) is 5.88 Å². The van der Waals surface area contributed by atoms with Crippen molar-refractivity contribution >= 4 is 18.5 Å². The van der Waals surface area contributed by atoms with Crippen molar-refractivity contribution in [2.45, 2.75) is 46.4 Å². The summed E-state index contributed by atoms with van der Waals surface area (Å²) in [5.41, 5.74) is -0.133. The minimum atomic E-state index is -0.801. The summed E-state index contributed by atoms with van der Waals surface area (Å²) in [6.07, 6.45) is -0.801. The molecular weight excluding hydrogens is 316 g/mol. The zero-order valence-electron chi connectivity index (χ0n) is 13.1. The molecule has 10 heteroatoms. The van der Waals surface area contributed by atoms with E-state index >= 15 is 0 Å². The van der Waals surface area contributed by atoms with Crippen LogP contribution in [0.2, 0.25) is 0 Å². The van der Waals surface area contributed by atoms with Crippen LogP contribution >= 0.6 is 12.4 Å². The van der Waals surface area contributed by atoms with Gasteiger partial charge in [-0.1, -0.05) is 0 Å². The van der Waals surface area contributed by atoms with Crippen molar-refractivity contribution in [2.24, 2.45) is 0 Å². The number of nitrogens with one attached hydrogen (secondary N) is 1. The van der Waals surface area contributed by atoms with E-state index < -0.39 is 18.6 Å². The summed E-state index contributed by atoms with van der Waals surface area (Å²) < 4.78 is 9.01. The number of hydrogen-bond donors (Lipinski definition) is 2. The van der Waals surface area contributed by atoms with E-state index in [0.29, 0.717) is 25.2 Å². The first-order valence-electron chi connectivity index (χ1n) is 6.77. The van der Waals surface area contributed by atoms with Gasteiger partial charge in [0.25, 0.3) is 5.69 Å². The summed E-state index contributed by atoms with van der Waals surface area (Å²) in [6.45, 7) is 8.75. The molecule has 1 rings (SSSR count). The summed E-state index contributed by atoms with van der Waals surface area (Å²) in [5, 5.41) is 25.9. The number of nitrogens with zero attached hydrogens (tertiary/aromatic N) is 3. The molecule has 2 N–H and O–H groups in total. The van der Waals surface area contributed by atoms with Crippen LogP contribution in [0.3, 0.4) is 0 Å². The van der Waals surface area contributed by atoms with E-state index in [4.69, 9.17) is 9.84 Å². The third-order valence-corrected chi connectivity index (χ3v) is 2.94. The Morgan fingerprint density at radius 3 is 2.55 bits per heavy atom. The molecule has 0 unspecified atom stereocenters. The van der Waals surface area contributed by atoms with Crippen molar-refractivity contribution in [1.82, 2.24) is 15.4 Å². The number of aliphatic hydroxyl groups excluding tert-OH is 1. The lowest BCUT2D eigenvalue weighted by atomic mass is 10.2. The summed E-state index contributed by atoms with van der Waals surface area (Å²) in [5.74, 6) is -0.459. The Kier molecular flexibility index (Phi) is 8.76. The van der Waals surface area contributed by atoms with Crippen molar-refractivity contribution in [3.63, 3.8) is 0 Å². The number of aromatic nitrogens is 2. The maximum Gasteiger partial charge on any atom is 0.415 e. The van der Waals surface area contributed by atoms with Gasteiger partial charge in [0.1, 0.15) is 6.61 Å². The fraction of sp³-hybridized carbons (Fsp3) is 0.750. The highest BCUT2D eigenvalue weighted by atomic mass is 35.5. The lowest BCUT2D eigenvalue weighted by Crippen LogP contribution is -2.43. The molecule has 1 aromatic rings. The van der Waals surface area contributed by atoms with Crippen LogP contribution in [-0.4, -0.2) is 46.4 Å². The SMILES string of the molecule is CC(C)N(CCNC(=O)Oc1c(CO)no[n+]1[O-])C(C)C.Cl. The highest BCUT2D eigenvalue weighted by molar-refractivity contribution is 5.85. The molecule has 0 fully saturated rings. The monoisotopic (exact) mass is 338 g/mol. The second-order valence-electron chi connectivity index (χ2n) is 5.08. The van der Waals surface area contributed by atoms with Crippen molar-refractivity contribution < 1.29 is 24.2 Å². The number of rotatable bonds is 7. The van der Waals surface area contributed by atoms with E-state index in [2.05, 4.69) is 47.7 Å². The molecule has 1 amide bonds. The van der Waals surface area contributed by atoms with Gasteiger partial charge in [-0.15, -0.1) is 12.4 Å². The van der Waals surface area contributed by atoms with E-state index in [1.807, 2.05) is 0 Å². The van der Waals surface area contributed by atoms with Gasteiger partial charge in [0.15, 0.2) is 0 Å². The van der Waals surface area contributed by atoms with Crippen molar-refractivity contribution in [3.05, 3.63) is 10.9 Å². The Morgan fingerprint density at radius 2 is 2.05 bits per heavy atom. The summed E-state index contributed by atoms with van der Waals surface area (Å²) in [6, 6.07) is 0.705. The molecule has 0 aliphatic rings. The summed E-state index contributed by atoms with van der Waals surface area (Å²) >= 11 is 0. The molecule has 1 heterocycles. The normalized spacial score (nSPS) is 10.9. The topological polar surface area (TPSA) is 115 Å². The van der Waals surface area contributed by atoms with Gasteiger partial charge in [-0.3, -0.25) is 9.53 Å². The van der Waals surface area contributed by atoms with Crippen LogP contribution < -0.4 is 15.0 Å². The Balaban J connectivity index is 0.00000441. The smallest absolute Gasteiger partial charge is 0.387 e. The predicted molar refractivity (Wildman–Crippen MR) is 79.6 cm³/mol. The Bertz CT molecular complexity index is 458. The summed E-state index contributed by atoms with van der Waals surface area (Å²) in [7, 11) is 0. The van der Waals surface area contributed by atoms with Crippen molar-refractivity contribution in [1.29, 1.82) is 0 Å². The van der Waals surface area contributed by atoms with Crippen LogP contribution in [-0.2, 0) is 6.61 Å². The Morgan fingerprint density at radius 1 is 1.45 bits per heavy atom. The maximum absolute atomic E-state index is 11.6. The molecule has 0 saturated carbocycles. The molecule has 0 atom stereocenters. The van der Waals surface area contributed by atoms with Crippen molar-refractivity contribution in [3.8, 4) is 5.88 Å². The Hall–Kier alpha value is -1.58. The number of halogens is 1. The second kappa shape index (κ2) is 9.44. The van der Waals surface area contributed by atoms with E-state index in [1.54, 1.807) is 0 Å². The molecule has 0 aliphatic carbocycles. The zero-order chi connectivity index (χ0) is 16.0. The number of carbonyl (C=O) groups excluding carboxylic acids is 1. The predicted octanol–water partition coefficient (Wildman–Crippen LogP) is 0.429. The van der Waals surface area contributed by atoms with Gasteiger partial charge >= 0.3 is 12.0 Å². The van der Waals surface area contributed by atoms with Gasteiger partial charge in [-0.25, -0.2) is 4.79 Å². The van der Waals surface area contributed by atoms with E-state index in [1.165, 1.54) is 0 Å². The van der Waals surface area contributed by atoms with E-state index in [9.17, 15) is 10.0 Å². The Labute approximate surface area is 135 Å². The molecule has 0 aliphatic heterocycles. The highest BCUT2D eigenvalue weighted by Crippen LogP contribution is 2.10. The fourth-order valence-electron chi connectivity index (χ4n) is 1.98. The van der Waals surface area contributed by atoms with E-state index in [0.717, 1.165) is 0 Å². The van der Waals surface area contributed by atoms with Crippen molar-refractivity contribution in [2.75, 3.05) is 13.1 Å². The molecule has 0 aromatic carbocycles. The third-order valence-electron chi connectivity index (χ3n) is 2.94. The molecule has 1 aromatic heterocycles. The van der Waals surface area contributed by atoms with Gasteiger partial charge in [-0.05, 0) is 32.6 Å². The lowest BCUT2D eigenvalue weighted by molar-refractivity contribution is -0.804. The van der Waals surface area contributed by atoms with Crippen LogP contribution in [0.25, 0.3) is 0 Å². The second-order valence-corrected chi connectivity index (χ2v) is 5.08. The molecular formula is C12H23ClN4O5. The highest BCUT2D eigenvalue weighted by Gasteiger charge is 2.23. The van der Waals surface area contributed by atoms with Crippen LogP contribution in [0, 0.1) is 5.21 Å². The number of carbonyl (C=O) groups is 1. The molecule has 0 bridgehead atoms. The number of amides is 1. The van der Waals surface area contributed by atoms with Gasteiger partial charge in [-0.2, -0.15) is 0 Å². The number of hydrogen-bond acceptors (Lipinski definition) is 7. The average Bonchev–Trinajstić information content (AvgIpc) is 2.74. The minimum absolute atomic E-state index is 0. The number of ether oxygens (including phenoxy) is 1. The van der Waals surface area contributed by atoms with Gasteiger partial charge in [0.2, 0.25) is 0 Å². The molecule has 128 valence electrons. The van der Waals surface area contributed by atoms with Crippen LogP contribution in [0.4, 0.5) is 4.79 Å². The lowest BCUT2D eigenvalue weighted by Gasteiger charge is -2.30. The average molecular weight is 339 g/mol. The molecule has 0 spiro atoms. The van der Waals surface area contributed by atoms with Gasteiger partial charge in [0.05, 0.1) is 0 Å². The molecule has 22 heavy (non-hydrogen) atoms. The fourth-order valence-corrected chi connectivity index (χ4v) is 1.98. The largest absolute Gasteiger partial charge is 0.415 e. The molecule has 0 radical (unpaired) electrons. The maximum atomic E-state index is 11.6. The number of aliphatic hydroxyl groups is 1. The molecule has 0 saturated heterocycles. The quantitative estimate of drug-likeness (QED) is 0.693. The first kappa shape index (κ1) is 20.4. The molecule has 9 nitrogen and oxygen atoms in total. The third kappa shape index (κ3) is 5.66. The van der Waals surface area contributed by atoms with Crippen LogP contribution in [0.15, 0.2) is 4.63 Å². The zero-order valence-corrected chi connectivity index (χ0v) is 13.9. The van der Waals surface area contributed by atoms with Crippen LogP contribution in [0.1, 0.15) is 33.4 Å². The van der Waals surface area contributed by atoms with E-state index in [-0.39, 0.29) is 23.0 Å². The van der Waals surface area contributed by atoms with Gasteiger partial charge < -0.3 is 20.4 Å². The first-order valence-corrected chi connectivity index (χ1v) is 6.77. The van der Waals surface area contributed by atoms with Gasteiger partial charge in [0, 0.05) is 30.3 Å².